The minimum Gasteiger partial charge on any atom is -0.497 e. The molecular weight excluding hydrogens is 390 g/mol. The third kappa shape index (κ3) is 4.44. The lowest BCUT2D eigenvalue weighted by atomic mass is 10.1. The maximum Gasteiger partial charge on any atom is 0.241 e. The molecule has 156 valence electrons. The van der Waals surface area contributed by atoms with Gasteiger partial charge in [-0.3, -0.25) is 9.69 Å². The Labute approximate surface area is 172 Å². The van der Waals surface area contributed by atoms with Crippen molar-refractivity contribution in [1.82, 2.24) is 4.90 Å². The van der Waals surface area contributed by atoms with Crippen molar-refractivity contribution in [3.63, 3.8) is 0 Å². The number of likely N-dealkylation sites (N-methyl/N-ethyl adjacent to an activating group) is 1. The average Bonchev–Trinajstić information content (AvgIpc) is 3.01. The van der Waals surface area contributed by atoms with E-state index in [0.29, 0.717) is 6.42 Å². The highest BCUT2D eigenvalue weighted by Crippen LogP contribution is 2.34. The van der Waals surface area contributed by atoms with E-state index in [2.05, 4.69) is 6.92 Å². The fourth-order valence-electron chi connectivity index (χ4n) is 3.73. The van der Waals surface area contributed by atoms with Crippen molar-refractivity contribution < 1.29 is 17.9 Å². The van der Waals surface area contributed by atoms with Crippen molar-refractivity contribution in [1.29, 1.82) is 0 Å². The van der Waals surface area contributed by atoms with Crippen LogP contribution in [-0.4, -0.2) is 46.0 Å². The summed E-state index contributed by atoms with van der Waals surface area (Å²) in [6.45, 7) is 4.25. The summed E-state index contributed by atoms with van der Waals surface area (Å²) < 4.78 is 28.4. The molecule has 2 aromatic carbocycles. The number of nitrogens with two attached hydrogens (primary N) is 1. The SMILES string of the molecule is COc1ccc([C@H](C)N(C)CC(=O)N2c3ccc(S(N)(=O)=O)cc3C[C@H]2C)cc1. The molecule has 2 aromatic rings. The first-order valence-electron chi connectivity index (χ1n) is 9.43. The third-order valence-electron chi connectivity index (χ3n) is 5.51. The number of rotatable bonds is 6. The Hall–Kier alpha value is -2.42. The van der Waals surface area contributed by atoms with E-state index in [9.17, 15) is 13.2 Å². The summed E-state index contributed by atoms with van der Waals surface area (Å²) in [4.78, 5) is 16.9. The van der Waals surface area contributed by atoms with Gasteiger partial charge in [-0.25, -0.2) is 13.6 Å². The minimum atomic E-state index is -3.77. The molecule has 29 heavy (non-hydrogen) atoms. The maximum atomic E-state index is 13.1. The molecule has 0 saturated heterocycles. The number of carbonyl (C=O) groups is 1. The Bertz CT molecular complexity index is 1010. The molecule has 3 rings (SSSR count). The molecule has 8 heteroatoms. The topological polar surface area (TPSA) is 92.9 Å². The quantitative estimate of drug-likeness (QED) is 0.779. The largest absolute Gasteiger partial charge is 0.497 e. The van der Waals surface area contributed by atoms with E-state index < -0.39 is 10.0 Å². The predicted octanol–water partition coefficient (Wildman–Crippen LogP) is 2.31. The fraction of sp³-hybridized carbons (Fsp3) is 0.381. The van der Waals surface area contributed by atoms with Crippen LogP contribution in [0.2, 0.25) is 0 Å². The molecule has 0 bridgehead atoms. The van der Waals surface area contributed by atoms with E-state index in [1.54, 1.807) is 24.1 Å². The van der Waals surface area contributed by atoms with Gasteiger partial charge < -0.3 is 9.64 Å². The number of hydrogen-bond donors (Lipinski definition) is 1. The van der Waals surface area contributed by atoms with Gasteiger partial charge in [-0.1, -0.05) is 12.1 Å². The van der Waals surface area contributed by atoms with E-state index in [-0.39, 0.29) is 29.4 Å². The molecular formula is C21H27N3O4S. The number of primary sulfonamides is 1. The van der Waals surface area contributed by atoms with E-state index in [1.807, 2.05) is 43.1 Å². The van der Waals surface area contributed by atoms with Gasteiger partial charge in [-0.2, -0.15) is 0 Å². The number of ether oxygens (including phenoxy) is 1. The second kappa shape index (κ2) is 8.14. The standard InChI is InChI=1S/C21H27N3O4S/c1-14-11-17-12-19(29(22,26)27)9-10-20(17)24(14)21(25)13-23(3)15(2)16-5-7-18(28-4)8-6-16/h5-10,12,14-15H,11,13H2,1-4H3,(H2,22,26,27)/t14-,15+/m1/s1. The van der Waals surface area contributed by atoms with Crippen molar-refractivity contribution in [2.24, 2.45) is 5.14 Å². The average molecular weight is 418 g/mol. The molecule has 2 atom stereocenters. The summed E-state index contributed by atoms with van der Waals surface area (Å²) in [5, 5.41) is 5.23. The first-order valence-corrected chi connectivity index (χ1v) is 11.0. The van der Waals surface area contributed by atoms with Crippen molar-refractivity contribution in [2.45, 2.75) is 37.2 Å². The van der Waals surface area contributed by atoms with Gasteiger partial charge in [-0.05, 0) is 68.8 Å². The molecule has 2 N–H and O–H groups in total. The van der Waals surface area contributed by atoms with Gasteiger partial charge in [-0.15, -0.1) is 0 Å². The zero-order valence-corrected chi connectivity index (χ0v) is 17.9. The molecule has 0 aromatic heterocycles. The number of fused-ring (bicyclic) bond motifs is 1. The predicted molar refractivity (Wildman–Crippen MR) is 113 cm³/mol. The van der Waals surface area contributed by atoms with Gasteiger partial charge in [0.2, 0.25) is 15.9 Å². The molecule has 1 heterocycles. The fourth-order valence-corrected chi connectivity index (χ4v) is 4.29. The van der Waals surface area contributed by atoms with Crippen molar-refractivity contribution in [2.75, 3.05) is 25.6 Å². The monoisotopic (exact) mass is 417 g/mol. The summed E-state index contributed by atoms with van der Waals surface area (Å²) in [5.41, 5.74) is 2.66. The number of hydrogen-bond acceptors (Lipinski definition) is 5. The Morgan fingerprint density at radius 3 is 2.52 bits per heavy atom. The van der Waals surface area contributed by atoms with E-state index in [0.717, 1.165) is 22.6 Å². The molecule has 0 spiro atoms. The van der Waals surface area contributed by atoms with Crippen LogP contribution in [-0.2, 0) is 21.2 Å². The summed E-state index contributed by atoms with van der Waals surface area (Å²) >= 11 is 0. The number of nitrogens with zero attached hydrogens (tertiary/aromatic N) is 2. The summed E-state index contributed by atoms with van der Waals surface area (Å²) in [6.07, 6.45) is 0.599. The molecule has 0 radical (unpaired) electrons. The van der Waals surface area contributed by atoms with Crippen LogP contribution in [0.1, 0.15) is 31.0 Å². The molecule has 0 aliphatic carbocycles. The van der Waals surface area contributed by atoms with E-state index >= 15 is 0 Å². The van der Waals surface area contributed by atoms with Crippen LogP contribution in [0.4, 0.5) is 5.69 Å². The van der Waals surface area contributed by atoms with Gasteiger partial charge in [0.1, 0.15) is 5.75 Å². The van der Waals surface area contributed by atoms with Crippen LogP contribution >= 0.6 is 0 Å². The van der Waals surface area contributed by atoms with Gasteiger partial charge in [0.25, 0.3) is 0 Å². The van der Waals surface area contributed by atoms with Gasteiger partial charge in [0.05, 0.1) is 18.6 Å². The zero-order valence-electron chi connectivity index (χ0n) is 17.1. The minimum absolute atomic E-state index is 0.0255. The zero-order chi connectivity index (χ0) is 21.3. The second-order valence-electron chi connectivity index (χ2n) is 7.52. The normalized spacial score (nSPS) is 17.3. The Morgan fingerprint density at radius 2 is 1.93 bits per heavy atom. The number of benzene rings is 2. The molecule has 0 fully saturated rings. The summed E-state index contributed by atoms with van der Waals surface area (Å²) in [5.74, 6) is 0.767. The van der Waals surface area contributed by atoms with Crippen LogP contribution in [0.15, 0.2) is 47.4 Å². The van der Waals surface area contributed by atoms with E-state index in [4.69, 9.17) is 9.88 Å². The van der Waals surface area contributed by atoms with Gasteiger partial charge >= 0.3 is 0 Å². The maximum absolute atomic E-state index is 13.1. The van der Waals surface area contributed by atoms with E-state index in [1.165, 1.54) is 6.07 Å². The summed E-state index contributed by atoms with van der Waals surface area (Å²) in [6, 6.07) is 12.5. The van der Waals surface area contributed by atoms with Crippen molar-refractivity contribution in [3.8, 4) is 5.75 Å². The smallest absolute Gasteiger partial charge is 0.241 e. The Morgan fingerprint density at radius 1 is 1.28 bits per heavy atom. The highest BCUT2D eigenvalue weighted by molar-refractivity contribution is 7.89. The molecule has 0 saturated carbocycles. The lowest BCUT2D eigenvalue weighted by molar-refractivity contribution is -0.120. The molecule has 0 unspecified atom stereocenters. The first-order chi connectivity index (χ1) is 13.6. The molecule has 1 amide bonds. The van der Waals surface area contributed by atoms with Crippen LogP contribution in [0.25, 0.3) is 0 Å². The Balaban J connectivity index is 1.75. The molecule has 1 aliphatic rings. The number of anilines is 1. The van der Waals surface area contributed by atoms with Crippen LogP contribution in [0.3, 0.4) is 0 Å². The van der Waals surface area contributed by atoms with Gasteiger partial charge in [0.15, 0.2) is 0 Å². The lowest BCUT2D eigenvalue weighted by Crippen LogP contribution is -2.42. The highest BCUT2D eigenvalue weighted by Gasteiger charge is 2.32. The van der Waals surface area contributed by atoms with Crippen LogP contribution < -0.4 is 14.8 Å². The van der Waals surface area contributed by atoms with Crippen LogP contribution in [0.5, 0.6) is 5.75 Å². The Kier molecular flexibility index (Phi) is 5.97. The second-order valence-corrected chi connectivity index (χ2v) is 9.08. The molecule has 7 nitrogen and oxygen atoms in total. The summed E-state index contributed by atoms with van der Waals surface area (Å²) in [7, 11) is -0.222. The lowest BCUT2D eigenvalue weighted by Gasteiger charge is -2.29. The number of methoxy groups -OCH3 is 1. The third-order valence-corrected chi connectivity index (χ3v) is 6.42. The van der Waals surface area contributed by atoms with Crippen LogP contribution in [0, 0.1) is 0 Å². The number of amides is 1. The van der Waals surface area contributed by atoms with Crippen molar-refractivity contribution >= 4 is 21.6 Å². The molecule has 1 aliphatic heterocycles. The van der Waals surface area contributed by atoms with Gasteiger partial charge in [0, 0.05) is 17.8 Å². The highest BCUT2D eigenvalue weighted by atomic mass is 32.2. The number of sulfonamides is 1. The first kappa shape index (κ1) is 21.3. The number of carbonyl (C=O) groups excluding carboxylic acids is 1. The van der Waals surface area contributed by atoms with Crippen molar-refractivity contribution in [3.05, 3.63) is 53.6 Å².